The fourth-order valence-corrected chi connectivity index (χ4v) is 0.926. The molecule has 0 saturated heterocycles. The van der Waals surface area contributed by atoms with Crippen molar-refractivity contribution in [2.24, 2.45) is 5.73 Å². The van der Waals surface area contributed by atoms with Crippen LogP contribution in [0.5, 0.6) is 0 Å². The lowest BCUT2D eigenvalue weighted by Gasteiger charge is -2.09. The zero-order valence-electron chi connectivity index (χ0n) is 7.01. The molecular weight excluding hydrogens is 219 g/mol. The largest absolute Gasteiger partial charge is 0.394 e. The molecule has 0 aromatic heterocycles. The molecule has 0 aliphatic carbocycles. The maximum Gasteiger partial charge on any atom is 0.194 e. The fraction of sp³-hybridized carbons (Fsp3) is 0.250. The van der Waals surface area contributed by atoms with Crippen molar-refractivity contribution in [1.82, 2.24) is 0 Å². The van der Waals surface area contributed by atoms with E-state index in [1.807, 2.05) is 0 Å². The first-order valence-corrected chi connectivity index (χ1v) is 3.57. The van der Waals surface area contributed by atoms with Crippen molar-refractivity contribution >= 4 is 12.4 Å². The zero-order valence-corrected chi connectivity index (χ0v) is 7.82. The van der Waals surface area contributed by atoms with Crippen molar-refractivity contribution in [1.29, 1.82) is 0 Å². The molecule has 1 atom stereocenters. The highest BCUT2D eigenvalue weighted by Gasteiger charge is 2.17. The lowest BCUT2D eigenvalue weighted by atomic mass is 10.1. The molecule has 6 heteroatoms. The minimum Gasteiger partial charge on any atom is -0.394 e. The first-order valence-electron chi connectivity index (χ1n) is 3.57. The molecule has 0 unspecified atom stereocenters. The van der Waals surface area contributed by atoms with E-state index in [-0.39, 0.29) is 18.0 Å². The summed E-state index contributed by atoms with van der Waals surface area (Å²) in [4.78, 5) is 0. The van der Waals surface area contributed by atoms with Crippen molar-refractivity contribution < 1.29 is 18.3 Å². The van der Waals surface area contributed by atoms with Gasteiger partial charge in [-0.15, -0.1) is 12.4 Å². The highest BCUT2D eigenvalue weighted by molar-refractivity contribution is 5.85. The van der Waals surface area contributed by atoms with Gasteiger partial charge in [0.05, 0.1) is 12.6 Å². The summed E-state index contributed by atoms with van der Waals surface area (Å²) in [5.74, 6) is -4.19. The summed E-state index contributed by atoms with van der Waals surface area (Å²) in [6.45, 7) is -0.526. The summed E-state index contributed by atoms with van der Waals surface area (Å²) in [6, 6.07) is 0.743. The average Bonchev–Trinajstić information content (AvgIpc) is 2.13. The number of nitrogens with two attached hydrogens (primary N) is 1. The van der Waals surface area contributed by atoms with Crippen LogP contribution in [0.2, 0.25) is 0 Å². The molecule has 0 radical (unpaired) electrons. The summed E-state index contributed by atoms with van der Waals surface area (Å²) < 4.78 is 37.9. The second-order valence-electron chi connectivity index (χ2n) is 2.55. The molecule has 0 aliphatic rings. The summed E-state index contributed by atoms with van der Waals surface area (Å²) in [7, 11) is 0. The minimum absolute atomic E-state index is 0. The van der Waals surface area contributed by atoms with E-state index in [4.69, 9.17) is 10.8 Å². The van der Waals surface area contributed by atoms with Crippen LogP contribution in [0.25, 0.3) is 0 Å². The number of hydrogen-bond acceptors (Lipinski definition) is 2. The average molecular weight is 228 g/mol. The topological polar surface area (TPSA) is 46.2 Å². The minimum atomic E-state index is -1.57. The van der Waals surface area contributed by atoms with Gasteiger partial charge in [0.1, 0.15) is 0 Å². The normalized spacial score (nSPS) is 12.1. The highest BCUT2D eigenvalue weighted by Crippen LogP contribution is 2.19. The van der Waals surface area contributed by atoms with Crippen LogP contribution in [-0.2, 0) is 0 Å². The van der Waals surface area contributed by atoms with Gasteiger partial charge in [-0.3, -0.25) is 0 Å². The zero-order chi connectivity index (χ0) is 10.0. The number of rotatable bonds is 2. The third-order valence-corrected chi connectivity index (χ3v) is 1.66. The highest BCUT2D eigenvalue weighted by atomic mass is 35.5. The molecule has 1 aromatic carbocycles. The Morgan fingerprint density at radius 2 is 1.79 bits per heavy atom. The van der Waals surface area contributed by atoms with Gasteiger partial charge in [0.25, 0.3) is 0 Å². The Hall–Kier alpha value is -0.780. The van der Waals surface area contributed by atoms with Crippen molar-refractivity contribution in [2.75, 3.05) is 6.61 Å². The van der Waals surface area contributed by atoms with Gasteiger partial charge >= 0.3 is 0 Å². The summed E-state index contributed by atoms with van der Waals surface area (Å²) >= 11 is 0. The van der Waals surface area contributed by atoms with Gasteiger partial charge in [0, 0.05) is 5.56 Å². The third kappa shape index (κ3) is 2.37. The van der Waals surface area contributed by atoms with E-state index in [0.717, 1.165) is 12.1 Å². The van der Waals surface area contributed by atoms with Gasteiger partial charge in [0.15, 0.2) is 17.5 Å². The molecule has 80 valence electrons. The maximum absolute atomic E-state index is 12.9. The van der Waals surface area contributed by atoms with Crippen LogP contribution in [0.1, 0.15) is 11.6 Å². The van der Waals surface area contributed by atoms with Gasteiger partial charge in [-0.25, -0.2) is 13.2 Å². The Morgan fingerprint density at radius 1 is 1.21 bits per heavy atom. The maximum atomic E-state index is 12.9. The number of aliphatic hydroxyl groups is 1. The molecular formula is C8H9ClF3NO. The summed E-state index contributed by atoms with van der Waals surface area (Å²) in [5, 5.41) is 8.56. The monoisotopic (exact) mass is 227 g/mol. The predicted molar refractivity (Wildman–Crippen MR) is 47.6 cm³/mol. The van der Waals surface area contributed by atoms with Gasteiger partial charge < -0.3 is 10.8 Å². The molecule has 14 heavy (non-hydrogen) atoms. The Kier molecular flexibility index (Phi) is 4.90. The lowest BCUT2D eigenvalue weighted by Crippen LogP contribution is -2.17. The standard InChI is InChI=1S/C8H8F3NO.ClH/c9-5-2-1-4(6(12)3-13)7(10)8(5)11;/h1-2,6,13H,3,12H2;1H/t6-;/m1./s1. The van der Waals surface area contributed by atoms with Crippen molar-refractivity contribution in [3.05, 3.63) is 35.1 Å². The Balaban J connectivity index is 0.00000169. The van der Waals surface area contributed by atoms with E-state index < -0.39 is 30.1 Å². The van der Waals surface area contributed by atoms with Crippen molar-refractivity contribution in [3.63, 3.8) is 0 Å². The van der Waals surface area contributed by atoms with Crippen LogP contribution in [0.4, 0.5) is 13.2 Å². The van der Waals surface area contributed by atoms with E-state index in [0.29, 0.717) is 0 Å². The second kappa shape index (κ2) is 5.19. The van der Waals surface area contributed by atoms with E-state index >= 15 is 0 Å². The van der Waals surface area contributed by atoms with E-state index in [1.165, 1.54) is 0 Å². The van der Waals surface area contributed by atoms with Crippen LogP contribution in [0.15, 0.2) is 12.1 Å². The molecule has 0 amide bonds. The molecule has 1 rings (SSSR count). The van der Waals surface area contributed by atoms with Crippen LogP contribution in [0, 0.1) is 17.5 Å². The number of hydrogen-bond donors (Lipinski definition) is 2. The first kappa shape index (κ1) is 13.2. The molecule has 1 aromatic rings. The van der Waals surface area contributed by atoms with Crippen molar-refractivity contribution in [2.45, 2.75) is 6.04 Å². The fourth-order valence-electron chi connectivity index (χ4n) is 0.926. The van der Waals surface area contributed by atoms with E-state index in [2.05, 4.69) is 0 Å². The van der Waals surface area contributed by atoms with Crippen LogP contribution in [0.3, 0.4) is 0 Å². The van der Waals surface area contributed by atoms with Gasteiger partial charge in [-0.1, -0.05) is 6.07 Å². The Labute approximate surface area is 84.9 Å². The number of halogens is 4. The molecule has 0 saturated carbocycles. The first-order chi connectivity index (χ1) is 6.07. The molecule has 0 bridgehead atoms. The molecule has 0 fully saturated rings. The second-order valence-corrected chi connectivity index (χ2v) is 2.55. The third-order valence-electron chi connectivity index (χ3n) is 1.66. The number of benzene rings is 1. The van der Waals surface area contributed by atoms with Crippen molar-refractivity contribution in [3.8, 4) is 0 Å². The van der Waals surface area contributed by atoms with Crippen LogP contribution in [-0.4, -0.2) is 11.7 Å². The predicted octanol–water partition coefficient (Wildman–Crippen LogP) is 1.52. The van der Waals surface area contributed by atoms with E-state index in [1.54, 1.807) is 0 Å². The molecule has 0 heterocycles. The molecule has 3 N–H and O–H groups in total. The Bertz CT molecular complexity index is 322. The number of aliphatic hydroxyl groups excluding tert-OH is 1. The quantitative estimate of drug-likeness (QED) is 0.753. The van der Waals surface area contributed by atoms with Crippen LogP contribution < -0.4 is 5.73 Å². The molecule has 0 aliphatic heterocycles. The molecule has 0 spiro atoms. The van der Waals surface area contributed by atoms with Gasteiger partial charge in [0.2, 0.25) is 0 Å². The van der Waals surface area contributed by atoms with Crippen LogP contribution >= 0.6 is 12.4 Å². The molecule has 2 nitrogen and oxygen atoms in total. The smallest absolute Gasteiger partial charge is 0.194 e. The van der Waals surface area contributed by atoms with E-state index in [9.17, 15) is 13.2 Å². The van der Waals surface area contributed by atoms with Gasteiger partial charge in [-0.05, 0) is 6.07 Å². The van der Waals surface area contributed by atoms with Gasteiger partial charge in [-0.2, -0.15) is 0 Å². The SMILES string of the molecule is Cl.N[C@H](CO)c1ccc(F)c(F)c1F. The summed E-state index contributed by atoms with van der Waals surface area (Å²) in [5.41, 5.74) is 5.00. The lowest BCUT2D eigenvalue weighted by molar-refractivity contribution is 0.264. The Morgan fingerprint density at radius 3 is 2.29 bits per heavy atom. The summed E-state index contributed by atoms with van der Waals surface area (Å²) in [6.07, 6.45) is 0.